The van der Waals surface area contributed by atoms with Crippen LogP contribution in [0.5, 0.6) is 0 Å². The van der Waals surface area contributed by atoms with Gasteiger partial charge in [0.1, 0.15) is 6.04 Å². The second-order valence-electron chi connectivity index (χ2n) is 2.86. The molecular formula is C7H15NO2. The van der Waals surface area contributed by atoms with E-state index < -0.39 is 12.0 Å². The first kappa shape index (κ1) is 9.43. The van der Waals surface area contributed by atoms with Gasteiger partial charge in [0.15, 0.2) is 0 Å². The zero-order chi connectivity index (χ0) is 8.15. The van der Waals surface area contributed by atoms with Crippen molar-refractivity contribution in [2.75, 3.05) is 6.54 Å². The Balaban J connectivity index is 3.40. The molecule has 0 amide bonds. The van der Waals surface area contributed by atoms with E-state index in [-0.39, 0.29) is 0 Å². The fourth-order valence-electron chi connectivity index (χ4n) is 0.500. The molecule has 60 valence electrons. The highest BCUT2D eigenvalue weighted by atomic mass is 16.4. The van der Waals surface area contributed by atoms with Crippen LogP contribution < -0.4 is 5.32 Å². The summed E-state index contributed by atoms with van der Waals surface area (Å²) in [6.07, 6.45) is 0. The summed E-state index contributed by atoms with van der Waals surface area (Å²) in [5.74, 6) is -0.289. The molecule has 0 heterocycles. The summed E-state index contributed by atoms with van der Waals surface area (Å²) in [5, 5.41) is 11.3. The predicted molar refractivity (Wildman–Crippen MR) is 39.9 cm³/mol. The Labute approximate surface area is 61.4 Å². The van der Waals surface area contributed by atoms with Crippen LogP contribution in [0, 0.1) is 5.92 Å². The number of hydrogen-bond donors (Lipinski definition) is 2. The van der Waals surface area contributed by atoms with Gasteiger partial charge in [0.2, 0.25) is 0 Å². The summed E-state index contributed by atoms with van der Waals surface area (Å²) in [6.45, 7) is 6.49. The Bertz CT molecular complexity index is 112. The molecule has 0 rings (SSSR count). The van der Waals surface area contributed by atoms with E-state index in [1.165, 1.54) is 0 Å². The first-order valence-electron chi connectivity index (χ1n) is 3.50. The molecule has 0 aromatic heterocycles. The molecule has 10 heavy (non-hydrogen) atoms. The fourth-order valence-corrected chi connectivity index (χ4v) is 0.500. The summed E-state index contributed by atoms with van der Waals surface area (Å²) in [4.78, 5) is 10.2. The third kappa shape index (κ3) is 4.32. The molecule has 3 heteroatoms. The zero-order valence-electron chi connectivity index (χ0n) is 6.72. The van der Waals surface area contributed by atoms with Gasteiger partial charge in [0, 0.05) is 0 Å². The van der Waals surface area contributed by atoms with Crippen LogP contribution in [0.2, 0.25) is 0 Å². The highest BCUT2D eigenvalue weighted by Crippen LogP contribution is 1.89. The van der Waals surface area contributed by atoms with Gasteiger partial charge in [-0.2, -0.15) is 0 Å². The molecule has 1 atom stereocenters. The summed E-state index contributed by atoms with van der Waals surface area (Å²) >= 11 is 0. The van der Waals surface area contributed by atoms with Gasteiger partial charge >= 0.3 is 5.97 Å². The molecule has 2 N–H and O–H groups in total. The highest BCUT2D eigenvalue weighted by molar-refractivity contribution is 5.72. The van der Waals surface area contributed by atoms with Crippen LogP contribution in [-0.4, -0.2) is 23.7 Å². The second-order valence-corrected chi connectivity index (χ2v) is 2.86. The lowest BCUT2D eigenvalue weighted by Crippen LogP contribution is -2.35. The average Bonchev–Trinajstić information content (AvgIpc) is 1.82. The van der Waals surface area contributed by atoms with Crippen LogP contribution in [-0.2, 0) is 4.79 Å². The first-order chi connectivity index (χ1) is 4.54. The Kier molecular flexibility index (Phi) is 4.03. The lowest BCUT2D eigenvalue weighted by Gasteiger charge is -2.10. The minimum absolute atomic E-state index is 0.428. The van der Waals surface area contributed by atoms with Gasteiger partial charge < -0.3 is 10.4 Å². The molecule has 1 unspecified atom stereocenters. The SMILES string of the molecule is CC(C)CNC(C)C(=O)O. The van der Waals surface area contributed by atoms with E-state index in [1.54, 1.807) is 6.92 Å². The van der Waals surface area contributed by atoms with Gasteiger partial charge in [-0.1, -0.05) is 13.8 Å². The molecule has 0 aliphatic heterocycles. The Morgan fingerprint density at radius 1 is 1.50 bits per heavy atom. The van der Waals surface area contributed by atoms with Crippen molar-refractivity contribution in [3.8, 4) is 0 Å². The number of carboxylic acids is 1. The number of rotatable bonds is 4. The Hall–Kier alpha value is -0.570. The average molecular weight is 145 g/mol. The van der Waals surface area contributed by atoms with Crippen molar-refractivity contribution in [2.45, 2.75) is 26.8 Å². The number of hydrogen-bond acceptors (Lipinski definition) is 2. The zero-order valence-corrected chi connectivity index (χ0v) is 6.72. The summed E-state index contributed by atoms with van der Waals surface area (Å²) in [6, 6.07) is -0.428. The Morgan fingerprint density at radius 2 is 2.00 bits per heavy atom. The topological polar surface area (TPSA) is 49.3 Å². The van der Waals surface area contributed by atoms with E-state index in [9.17, 15) is 4.79 Å². The van der Waals surface area contributed by atoms with Gasteiger partial charge in [-0.15, -0.1) is 0 Å². The first-order valence-corrected chi connectivity index (χ1v) is 3.50. The third-order valence-corrected chi connectivity index (χ3v) is 1.20. The molecule has 3 nitrogen and oxygen atoms in total. The van der Waals surface area contributed by atoms with Crippen molar-refractivity contribution >= 4 is 5.97 Å². The van der Waals surface area contributed by atoms with Gasteiger partial charge in [-0.05, 0) is 19.4 Å². The number of nitrogens with one attached hydrogen (secondary N) is 1. The largest absolute Gasteiger partial charge is 0.480 e. The maximum Gasteiger partial charge on any atom is 0.320 e. The summed E-state index contributed by atoms with van der Waals surface area (Å²) < 4.78 is 0. The highest BCUT2D eigenvalue weighted by Gasteiger charge is 2.08. The van der Waals surface area contributed by atoms with Crippen molar-refractivity contribution in [1.82, 2.24) is 5.32 Å². The molecular weight excluding hydrogens is 130 g/mol. The van der Waals surface area contributed by atoms with Crippen molar-refractivity contribution in [1.29, 1.82) is 0 Å². The van der Waals surface area contributed by atoms with Crippen LogP contribution in [0.3, 0.4) is 0 Å². The van der Waals surface area contributed by atoms with E-state index >= 15 is 0 Å². The van der Waals surface area contributed by atoms with Crippen LogP contribution in [0.15, 0.2) is 0 Å². The maximum atomic E-state index is 10.2. The van der Waals surface area contributed by atoms with Crippen LogP contribution in [0.4, 0.5) is 0 Å². The molecule has 0 aliphatic carbocycles. The molecule has 0 fully saturated rings. The normalized spacial score (nSPS) is 13.6. The smallest absolute Gasteiger partial charge is 0.320 e. The number of carboxylic acid groups (broad SMARTS) is 1. The Morgan fingerprint density at radius 3 is 2.30 bits per heavy atom. The second kappa shape index (κ2) is 4.28. The summed E-state index contributed by atoms with van der Waals surface area (Å²) in [5.41, 5.74) is 0. The molecule has 0 aromatic carbocycles. The molecule has 0 radical (unpaired) electrons. The molecule has 0 bridgehead atoms. The van der Waals surface area contributed by atoms with Crippen molar-refractivity contribution in [2.24, 2.45) is 5.92 Å². The minimum atomic E-state index is -0.791. The monoisotopic (exact) mass is 145 g/mol. The van der Waals surface area contributed by atoms with E-state index in [4.69, 9.17) is 5.11 Å². The van der Waals surface area contributed by atoms with Crippen molar-refractivity contribution < 1.29 is 9.90 Å². The number of carbonyl (C=O) groups is 1. The third-order valence-electron chi connectivity index (χ3n) is 1.20. The molecule has 0 saturated heterocycles. The lowest BCUT2D eigenvalue weighted by atomic mass is 10.2. The summed E-state index contributed by atoms with van der Waals surface area (Å²) in [7, 11) is 0. The minimum Gasteiger partial charge on any atom is -0.480 e. The van der Waals surface area contributed by atoms with E-state index in [2.05, 4.69) is 5.32 Å². The standard InChI is InChI=1S/C7H15NO2/c1-5(2)4-8-6(3)7(9)10/h5-6,8H,4H2,1-3H3,(H,9,10). The van der Waals surface area contributed by atoms with Gasteiger partial charge in [0.25, 0.3) is 0 Å². The van der Waals surface area contributed by atoms with E-state index in [0.717, 1.165) is 6.54 Å². The maximum absolute atomic E-state index is 10.2. The van der Waals surface area contributed by atoms with E-state index in [0.29, 0.717) is 5.92 Å². The van der Waals surface area contributed by atoms with Crippen molar-refractivity contribution in [3.63, 3.8) is 0 Å². The molecule has 0 spiro atoms. The molecule has 0 saturated carbocycles. The van der Waals surface area contributed by atoms with Gasteiger partial charge in [-0.3, -0.25) is 4.79 Å². The predicted octanol–water partition coefficient (Wildman–Crippen LogP) is 0.705. The van der Waals surface area contributed by atoms with Gasteiger partial charge in [-0.25, -0.2) is 0 Å². The van der Waals surface area contributed by atoms with Crippen molar-refractivity contribution in [3.05, 3.63) is 0 Å². The van der Waals surface area contributed by atoms with Crippen LogP contribution in [0.1, 0.15) is 20.8 Å². The fraction of sp³-hybridized carbons (Fsp3) is 0.857. The van der Waals surface area contributed by atoms with Crippen LogP contribution in [0.25, 0.3) is 0 Å². The molecule has 0 aliphatic rings. The van der Waals surface area contributed by atoms with Gasteiger partial charge in [0.05, 0.1) is 0 Å². The number of aliphatic carboxylic acids is 1. The molecule has 0 aromatic rings. The van der Waals surface area contributed by atoms with Crippen LogP contribution >= 0.6 is 0 Å². The lowest BCUT2D eigenvalue weighted by molar-refractivity contribution is -0.139. The quantitative estimate of drug-likeness (QED) is 0.612. The van der Waals surface area contributed by atoms with E-state index in [1.807, 2.05) is 13.8 Å².